The normalized spacial score (nSPS) is 13.2. The van der Waals surface area contributed by atoms with Crippen molar-refractivity contribution in [3.63, 3.8) is 0 Å². The largest absolute Gasteiger partial charge is 0.467 e. The molecule has 1 atom stereocenters. The second kappa shape index (κ2) is 14.7. The molecular weight excluding hydrogens is 346 g/mol. The van der Waals surface area contributed by atoms with E-state index in [-0.39, 0.29) is 5.91 Å². The predicted molar refractivity (Wildman–Crippen MR) is 112 cm³/mol. The van der Waals surface area contributed by atoms with Crippen LogP contribution in [-0.4, -0.2) is 36.5 Å². The van der Waals surface area contributed by atoms with Crippen molar-refractivity contribution in [3.05, 3.63) is 34.9 Å². The van der Waals surface area contributed by atoms with Crippen LogP contribution in [0.25, 0.3) is 0 Å². The van der Waals surface area contributed by atoms with Gasteiger partial charge in [0.1, 0.15) is 6.04 Å². The standard InChI is InChI=1S/C21H35NO3S/c1-16(2)9-7-10-17(3)11-8-12-18(4)13-14-26-15-20(21(24)25-6)22-19(5)23/h9,11,13,20H,7-8,10,12,14-15H2,1-6H3,(H,22,23)/b17-11+,18-13-/t20-/m0/s1. The van der Waals surface area contributed by atoms with Gasteiger partial charge in [-0.1, -0.05) is 34.9 Å². The van der Waals surface area contributed by atoms with Gasteiger partial charge in [0, 0.05) is 18.4 Å². The van der Waals surface area contributed by atoms with E-state index in [4.69, 9.17) is 4.74 Å². The van der Waals surface area contributed by atoms with E-state index in [1.54, 1.807) is 11.8 Å². The van der Waals surface area contributed by atoms with Gasteiger partial charge in [-0.3, -0.25) is 4.79 Å². The molecule has 0 fully saturated rings. The van der Waals surface area contributed by atoms with E-state index in [2.05, 4.69) is 51.2 Å². The highest BCUT2D eigenvalue weighted by atomic mass is 32.2. The average molecular weight is 382 g/mol. The monoisotopic (exact) mass is 381 g/mol. The zero-order valence-electron chi connectivity index (χ0n) is 17.2. The van der Waals surface area contributed by atoms with E-state index in [0.29, 0.717) is 5.75 Å². The molecule has 148 valence electrons. The highest BCUT2D eigenvalue weighted by Crippen LogP contribution is 2.13. The number of thioether (sulfide) groups is 1. The topological polar surface area (TPSA) is 55.4 Å². The molecule has 0 rings (SSSR count). The highest BCUT2D eigenvalue weighted by Gasteiger charge is 2.19. The molecule has 0 aliphatic heterocycles. The van der Waals surface area contributed by atoms with Gasteiger partial charge in [0.2, 0.25) is 5.91 Å². The third-order valence-electron chi connectivity index (χ3n) is 3.82. The lowest BCUT2D eigenvalue weighted by Crippen LogP contribution is -2.42. The lowest BCUT2D eigenvalue weighted by atomic mass is 10.1. The van der Waals surface area contributed by atoms with E-state index in [1.807, 2.05) is 0 Å². The third-order valence-corrected chi connectivity index (χ3v) is 4.79. The summed E-state index contributed by atoms with van der Waals surface area (Å²) in [6.07, 6.45) is 11.2. The fourth-order valence-electron chi connectivity index (χ4n) is 2.28. The van der Waals surface area contributed by atoms with E-state index in [9.17, 15) is 9.59 Å². The minimum absolute atomic E-state index is 0.223. The molecule has 5 heteroatoms. The van der Waals surface area contributed by atoms with Crippen LogP contribution in [0.2, 0.25) is 0 Å². The van der Waals surface area contributed by atoms with Crippen molar-refractivity contribution in [1.29, 1.82) is 0 Å². The number of hydrogen-bond donors (Lipinski definition) is 1. The number of amides is 1. The molecule has 4 nitrogen and oxygen atoms in total. The first-order chi connectivity index (χ1) is 12.3. The molecule has 0 saturated heterocycles. The maximum atomic E-state index is 11.6. The molecule has 0 unspecified atom stereocenters. The fourth-order valence-corrected chi connectivity index (χ4v) is 3.28. The van der Waals surface area contributed by atoms with Crippen LogP contribution in [0.4, 0.5) is 0 Å². The fraction of sp³-hybridized carbons (Fsp3) is 0.619. The van der Waals surface area contributed by atoms with Crippen molar-refractivity contribution >= 4 is 23.6 Å². The molecule has 0 aliphatic carbocycles. The summed E-state index contributed by atoms with van der Waals surface area (Å²) >= 11 is 1.62. The zero-order valence-corrected chi connectivity index (χ0v) is 18.0. The molecule has 0 aromatic rings. The molecular formula is C21H35NO3S. The van der Waals surface area contributed by atoms with Gasteiger partial charge in [-0.25, -0.2) is 4.79 Å². The molecule has 0 aromatic carbocycles. The maximum Gasteiger partial charge on any atom is 0.329 e. The van der Waals surface area contributed by atoms with E-state index in [0.717, 1.165) is 31.4 Å². The Morgan fingerprint density at radius 2 is 1.54 bits per heavy atom. The number of ether oxygens (including phenoxy) is 1. The number of carbonyl (C=O) groups excluding carboxylic acids is 2. The van der Waals surface area contributed by atoms with Gasteiger partial charge in [-0.15, -0.1) is 0 Å². The van der Waals surface area contributed by atoms with Crippen LogP contribution >= 0.6 is 11.8 Å². The van der Waals surface area contributed by atoms with E-state index in [1.165, 1.54) is 30.8 Å². The summed E-state index contributed by atoms with van der Waals surface area (Å²) in [5.41, 5.74) is 4.17. The molecule has 0 bridgehead atoms. The zero-order chi connectivity index (χ0) is 19.9. The van der Waals surface area contributed by atoms with Crippen LogP contribution in [0.15, 0.2) is 34.9 Å². The van der Waals surface area contributed by atoms with Crippen LogP contribution in [0, 0.1) is 0 Å². The van der Waals surface area contributed by atoms with Gasteiger partial charge < -0.3 is 10.1 Å². The predicted octanol–water partition coefficient (Wildman–Crippen LogP) is 4.82. The van der Waals surface area contributed by atoms with Crippen LogP contribution in [0.3, 0.4) is 0 Å². The molecule has 0 heterocycles. The van der Waals surface area contributed by atoms with Crippen LogP contribution in [0.1, 0.15) is 60.3 Å². The van der Waals surface area contributed by atoms with Crippen LogP contribution < -0.4 is 5.32 Å². The quantitative estimate of drug-likeness (QED) is 0.299. The number of carbonyl (C=O) groups is 2. The van der Waals surface area contributed by atoms with E-state index < -0.39 is 12.0 Å². The van der Waals surface area contributed by atoms with Crippen molar-refractivity contribution in [2.45, 2.75) is 66.3 Å². The second-order valence-electron chi connectivity index (χ2n) is 6.77. The number of nitrogens with one attached hydrogen (secondary N) is 1. The Morgan fingerprint density at radius 1 is 0.962 bits per heavy atom. The maximum absolute atomic E-state index is 11.6. The van der Waals surface area contributed by atoms with Gasteiger partial charge in [0.05, 0.1) is 7.11 Å². The van der Waals surface area contributed by atoms with Crippen molar-refractivity contribution in [2.75, 3.05) is 18.6 Å². The summed E-state index contributed by atoms with van der Waals surface area (Å²) < 4.78 is 4.72. The van der Waals surface area contributed by atoms with Gasteiger partial charge in [-0.2, -0.15) is 11.8 Å². The Morgan fingerprint density at radius 3 is 2.08 bits per heavy atom. The number of allylic oxidation sites excluding steroid dienone is 5. The first-order valence-corrected chi connectivity index (χ1v) is 10.3. The van der Waals surface area contributed by atoms with Gasteiger partial charge in [-0.05, 0) is 53.4 Å². The van der Waals surface area contributed by atoms with Crippen molar-refractivity contribution in [1.82, 2.24) is 5.32 Å². The minimum atomic E-state index is -0.581. The van der Waals surface area contributed by atoms with Crippen LogP contribution in [-0.2, 0) is 14.3 Å². The lowest BCUT2D eigenvalue weighted by molar-refractivity contribution is -0.144. The van der Waals surface area contributed by atoms with Gasteiger partial charge in [0.15, 0.2) is 0 Å². The highest BCUT2D eigenvalue weighted by molar-refractivity contribution is 7.99. The number of methoxy groups -OCH3 is 1. The number of esters is 1. The Labute approximate surface area is 163 Å². The van der Waals surface area contributed by atoms with Gasteiger partial charge in [0.25, 0.3) is 0 Å². The van der Waals surface area contributed by atoms with Crippen molar-refractivity contribution < 1.29 is 14.3 Å². The molecule has 0 aliphatic rings. The number of rotatable bonds is 12. The molecule has 0 aromatic heterocycles. The summed E-state index contributed by atoms with van der Waals surface area (Å²) in [4.78, 5) is 22.8. The first-order valence-electron chi connectivity index (χ1n) is 9.13. The van der Waals surface area contributed by atoms with Crippen molar-refractivity contribution in [2.24, 2.45) is 0 Å². The SMILES string of the molecule is COC(=O)[C@H](CSC/C=C(/C)CC/C=C(\C)CCC=C(C)C)NC(C)=O. The number of hydrogen-bond acceptors (Lipinski definition) is 4. The third kappa shape index (κ3) is 13.8. The van der Waals surface area contributed by atoms with E-state index >= 15 is 0 Å². The summed E-state index contributed by atoms with van der Waals surface area (Å²) in [7, 11) is 1.33. The summed E-state index contributed by atoms with van der Waals surface area (Å²) in [5, 5.41) is 2.62. The second-order valence-corrected chi connectivity index (χ2v) is 7.85. The molecule has 1 amide bonds. The summed E-state index contributed by atoms with van der Waals surface area (Å²) in [5.74, 6) is 0.711. The van der Waals surface area contributed by atoms with Gasteiger partial charge >= 0.3 is 5.97 Å². The Kier molecular flexibility index (Phi) is 13.8. The summed E-state index contributed by atoms with van der Waals surface area (Å²) in [6, 6.07) is -0.581. The lowest BCUT2D eigenvalue weighted by Gasteiger charge is -2.14. The molecule has 26 heavy (non-hydrogen) atoms. The van der Waals surface area contributed by atoms with Crippen molar-refractivity contribution in [3.8, 4) is 0 Å². The Hall–Kier alpha value is -1.49. The Balaban J connectivity index is 4.14. The Bertz CT molecular complexity index is 531. The molecule has 1 N–H and O–H groups in total. The van der Waals surface area contributed by atoms with Crippen LogP contribution in [0.5, 0.6) is 0 Å². The molecule has 0 saturated carbocycles. The summed E-state index contributed by atoms with van der Waals surface area (Å²) in [6.45, 7) is 10.0. The molecule has 0 spiro atoms. The average Bonchev–Trinajstić information content (AvgIpc) is 2.56. The molecule has 0 radical (unpaired) electrons. The minimum Gasteiger partial charge on any atom is -0.467 e. The smallest absolute Gasteiger partial charge is 0.329 e. The first kappa shape index (κ1) is 24.5.